The van der Waals surface area contributed by atoms with Gasteiger partial charge in [-0.25, -0.2) is 18.5 Å². The van der Waals surface area contributed by atoms with Crippen LogP contribution >= 0.6 is 0 Å². The summed E-state index contributed by atoms with van der Waals surface area (Å²) in [6.07, 6.45) is 3.52. The minimum absolute atomic E-state index is 0.0666. The zero-order chi connectivity index (χ0) is 30.1. The summed E-state index contributed by atoms with van der Waals surface area (Å²) < 4.78 is 64.8. The molecule has 0 unspecified atom stereocenters. The molecule has 2 heterocycles. The van der Waals surface area contributed by atoms with Crippen LogP contribution in [0.4, 0.5) is 0 Å². The lowest BCUT2D eigenvalue weighted by molar-refractivity contribution is -0.518. The molecule has 13 nitrogen and oxygen atoms in total. The molecule has 0 fully saturated rings. The standard InChI is InChI=1S/C11H15N6O.2C7H8O3S/c1-8-4-3-5-10-16(2)9(7-17(8)10)6-13-14-11(12)15-18;2*1-6-2-4-7(5-3-6)11(8,9)10/h3-7,18H,1-2H3,(H3,12,14,15);2*2-5H,1H3,(H,8,9,10)/q+1;;/p-1/b13-6+;;. The van der Waals surface area contributed by atoms with Crippen LogP contribution in [-0.4, -0.2) is 47.9 Å². The maximum Gasteiger partial charge on any atom is 0.294 e. The van der Waals surface area contributed by atoms with Crippen LogP contribution in [0, 0.1) is 20.8 Å². The fraction of sp³-hybridized carbons (Fsp3) is 0.160. The fourth-order valence-electron chi connectivity index (χ4n) is 3.11. The average Bonchev–Trinajstić information content (AvgIpc) is 3.21. The molecule has 4 rings (SSSR count). The zero-order valence-electron chi connectivity index (χ0n) is 22.1. The first-order valence-electron chi connectivity index (χ1n) is 11.4. The van der Waals surface area contributed by atoms with Crippen LogP contribution in [0.3, 0.4) is 0 Å². The van der Waals surface area contributed by atoms with E-state index in [4.69, 9.17) is 15.5 Å². The molecule has 0 spiro atoms. The van der Waals surface area contributed by atoms with Crippen molar-refractivity contribution in [1.82, 2.24) is 10.0 Å². The summed E-state index contributed by atoms with van der Waals surface area (Å²) in [6.45, 7) is 5.69. The Balaban J connectivity index is 0.000000222. The molecule has 0 saturated carbocycles. The summed E-state index contributed by atoms with van der Waals surface area (Å²) in [5.74, 6) is -0.158. The molecule has 0 saturated heterocycles. The Morgan fingerprint density at radius 3 is 1.93 bits per heavy atom. The van der Waals surface area contributed by atoms with E-state index in [-0.39, 0.29) is 15.8 Å². The number of pyridine rings is 1. The van der Waals surface area contributed by atoms with E-state index < -0.39 is 20.2 Å². The van der Waals surface area contributed by atoms with Gasteiger partial charge in [-0.3, -0.25) is 9.76 Å². The molecule has 15 heteroatoms. The Morgan fingerprint density at radius 2 is 1.48 bits per heavy atom. The number of hydroxylamine groups is 1. The molecule has 0 amide bonds. The predicted octanol–water partition coefficient (Wildman–Crippen LogP) is 1.84. The third kappa shape index (κ3) is 9.55. The molecule has 2 aromatic carbocycles. The van der Waals surface area contributed by atoms with Crippen LogP contribution in [0.15, 0.2) is 92.9 Å². The summed E-state index contributed by atoms with van der Waals surface area (Å²) in [6, 6.07) is 17.8. The maximum atomic E-state index is 10.5. The molecule has 40 heavy (non-hydrogen) atoms. The van der Waals surface area contributed by atoms with E-state index >= 15 is 0 Å². The first kappa shape index (κ1) is 32.1. The highest BCUT2D eigenvalue weighted by atomic mass is 32.2. The molecule has 0 aliphatic heterocycles. The molecule has 2 aromatic heterocycles. The topological polar surface area (TPSA) is 204 Å². The quantitative estimate of drug-likeness (QED) is 0.0898. The number of rotatable bonds is 4. The third-order valence-corrected chi connectivity index (χ3v) is 7.02. The smallest absolute Gasteiger partial charge is 0.294 e. The molecule has 0 aliphatic carbocycles. The van der Waals surface area contributed by atoms with Gasteiger partial charge in [0, 0.05) is 6.07 Å². The van der Waals surface area contributed by atoms with Crippen molar-refractivity contribution in [2.24, 2.45) is 23.0 Å². The summed E-state index contributed by atoms with van der Waals surface area (Å²) in [4.78, 5) is -0.244. The van der Waals surface area contributed by atoms with Gasteiger partial charge in [-0.1, -0.05) is 41.5 Å². The third-order valence-electron chi connectivity index (χ3n) is 5.30. The number of nitrogens with one attached hydrogen (secondary N) is 1. The van der Waals surface area contributed by atoms with E-state index in [2.05, 4.69) is 14.6 Å². The van der Waals surface area contributed by atoms with Crippen LogP contribution in [-0.2, 0) is 27.3 Å². The Kier molecular flexibility index (Phi) is 11.0. The van der Waals surface area contributed by atoms with Crippen molar-refractivity contribution in [1.29, 1.82) is 0 Å². The maximum absolute atomic E-state index is 10.5. The van der Waals surface area contributed by atoms with Crippen molar-refractivity contribution >= 4 is 38.1 Å². The number of hydrogen-bond donors (Lipinski definition) is 4. The largest absolute Gasteiger partial charge is 0.744 e. The van der Waals surface area contributed by atoms with Gasteiger partial charge in [0.2, 0.25) is 5.96 Å². The SMILES string of the molecule is Cc1ccc(S(=O)(=O)O)cc1.Cc1ccc(S(=O)(=O)[O-])cc1.Cc1cccc2n(C)c(/C=N/N=C(/N)NO)c[n+]12. The number of benzene rings is 2. The van der Waals surface area contributed by atoms with Gasteiger partial charge in [0.15, 0.2) is 5.69 Å². The van der Waals surface area contributed by atoms with Crippen molar-refractivity contribution in [3.8, 4) is 0 Å². The lowest BCUT2D eigenvalue weighted by atomic mass is 10.2. The summed E-state index contributed by atoms with van der Waals surface area (Å²) in [5.41, 5.74) is 11.9. The van der Waals surface area contributed by atoms with Crippen molar-refractivity contribution < 1.29 is 35.5 Å². The van der Waals surface area contributed by atoms with Crippen LogP contribution in [0.5, 0.6) is 0 Å². The van der Waals surface area contributed by atoms with Crippen molar-refractivity contribution in [2.75, 3.05) is 0 Å². The number of aromatic nitrogens is 2. The molecular formula is C25H30N6O7S2. The Bertz CT molecular complexity index is 1640. The zero-order valence-corrected chi connectivity index (χ0v) is 23.8. The molecule has 5 N–H and O–H groups in total. The highest BCUT2D eigenvalue weighted by Gasteiger charge is 2.13. The number of aryl methyl sites for hydroxylation is 4. The van der Waals surface area contributed by atoms with Gasteiger partial charge in [0.05, 0.1) is 16.8 Å². The number of fused-ring (bicyclic) bond motifs is 1. The van der Waals surface area contributed by atoms with Crippen LogP contribution in [0.1, 0.15) is 22.5 Å². The number of imidazole rings is 1. The van der Waals surface area contributed by atoms with Gasteiger partial charge in [-0.15, -0.1) is 5.10 Å². The van der Waals surface area contributed by atoms with E-state index in [0.29, 0.717) is 0 Å². The van der Waals surface area contributed by atoms with Crippen molar-refractivity contribution in [3.63, 3.8) is 0 Å². The van der Waals surface area contributed by atoms with Gasteiger partial charge in [0.1, 0.15) is 28.2 Å². The van der Waals surface area contributed by atoms with Gasteiger partial charge in [0.25, 0.3) is 15.8 Å². The van der Waals surface area contributed by atoms with E-state index in [1.165, 1.54) is 24.3 Å². The predicted molar refractivity (Wildman–Crippen MR) is 148 cm³/mol. The number of nitrogens with zero attached hydrogens (tertiary/aromatic N) is 4. The average molecular weight is 591 g/mol. The van der Waals surface area contributed by atoms with Crippen molar-refractivity contribution in [2.45, 2.75) is 30.6 Å². The molecule has 214 valence electrons. The Hall–Kier alpha value is -4.15. The first-order valence-corrected chi connectivity index (χ1v) is 14.3. The lowest BCUT2D eigenvalue weighted by Gasteiger charge is -2.05. The minimum Gasteiger partial charge on any atom is -0.744 e. The Labute approximate surface area is 232 Å². The van der Waals surface area contributed by atoms with E-state index in [1.54, 1.807) is 36.0 Å². The van der Waals surface area contributed by atoms with Crippen LogP contribution in [0.2, 0.25) is 0 Å². The molecule has 0 radical (unpaired) electrons. The molecular weight excluding hydrogens is 560 g/mol. The van der Waals surface area contributed by atoms with Gasteiger partial charge in [-0.05, 0) is 51.1 Å². The van der Waals surface area contributed by atoms with Gasteiger partial charge < -0.3 is 10.3 Å². The second kappa shape index (κ2) is 13.8. The van der Waals surface area contributed by atoms with E-state index in [9.17, 15) is 21.4 Å². The van der Waals surface area contributed by atoms with Crippen LogP contribution < -0.4 is 15.6 Å². The molecule has 0 bridgehead atoms. The number of guanidine groups is 1. The van der Waals surface area contributed by atoms with Gasteiger partial charge >= 0.3 is 0 Å². The molecule has 0 aliphatic rings. The highest BCUT2D eigenvalue weighted by molar-refractivity contribution is 7.86. The fourth-order valence-corrected chi connectivity index (χ4v) is 4.06. The monoisotopic (exact) mass is 590 g/mol. The van der Waals surface area contributed by atoms with Crippen molar-refractivity contribution in [3.05, 3.63) is 95.4 Å². The second-order valence-electron chi connectivity index (χ2n) is 8.41. The summed E-state index contributed by atoms with van der Waals surface area (Å²) in [7, 11) is -6.35. The number of nitrogens with two attached hydrogens (primary N) is 1. The van der Waals surface area contributed by atoms with Gasteiger partial charge in [-0.2, -0.15) is 17.9 Å². The minimum atomic E-state index is -4.27. The first-order chi connectivity index (χ1) is 18.6. The van der Waals surface area contributed by atoms with E-state index in [0.717, 1.165) is 28.2 Å². The highest BCUT2D eigenvalue weighted by Crippen LogP contribution is 2.09. The molecule has 0 atom stereocenters. The number of hydrogen-bond acceptors (Lipinski definition) is 8. The summed E-state index contributed by atoms with van der Waals surface area (Å²) in [5, 5.41) is 15.8. The van der Waals surface area contributed by atoms with Crippen LogP contribution in [0.25, 0.3) is 5.65 Å². The van der Waals surface area contributed by atoms with E-state index in [1.807, 2.05) is 56.8 Å². The molecule has 4 aromatic rings. The normalized spacial score (nSPS) is 11.9. The Morgan fingerprint density at radius 1 is 0.950 bits per heavy atom. The second-order valence-corrected chi connectivity index (χ2v) is 11.2. The summed E-state index contributed by atoms with van der Waals surface area (Å²) >= 11 is 0. The lowest BCUT2D eigenvalue weighted by Crippen LogP contribution is -2.27.